The molecule has 0 aromatic rings. The summed E-state index contributed by atoms with van der Waals surface area (Å²) in [4.78, 5) is 41.2. The number of ether oxygens (including phenoxy) is 3. The molecule has 0 saturated carbocycles. The Morgan fingerprint density at radius 3 is 2.62 bits per heavy atom. The second-order valence-corrected chi connectivity index (χ2v) is 7.10. The molecule has 3 aliphatic rings. The summed E-state index contributed by atoms with van der Waals surface area (Å²) in [6.45, 7) is 3.54. The highest BCUT2D eigenvalue weighted by molar-refractivity contribution is 5.94. The topological polar surface area (TPSA) is 85.4 Å². The van der Waals surface area contributed by atoms with Crippen molar-refractivity contribution < 1.29 is 28.6 Å². The number of carbonyl (C=O) groups excluding carboxylic acids is 3. The maximum absolute atomic E-state index is 12.9. The quantitative estimate of drug-likeness (QED) is 0.641. The molecule has 0 radical (unpaired) electrons. The number of carbonyl (C=O) groups is 3. The average molecular weight is 368 g/mol. The summed E-state index contributed by atoms with van der Waals surface area (Å²) >= 11 is 0. The van der Waals surface area contributed by atoms with Gasteiger partial charge >= 0.3 is 5.97 Å². The molecular weight excluding hydrogens is 340 g/mol. The summed E-state index contributed by atoms with van der Waals surface area (Å²) in [5.74, 6) is -0.983. The van der Waals surface area contributed by atoms with Gasteiger partial charge in [0.15, 0.2) is 18.5 Å². The first kappa shape index (κ1) is 19.1. The van der Waals surface area contributed by atoms with Crippen molar-refractivity contribution in [3.05, 3.63) is 0 Å². The van der Waals surface area contributed by atoms with E-state index in [9.17, 15) is 14.4 Å². The van der Waals surface area contributed by atoms with Crippen LogP contribution in [0.1, 0.15) is 45.4 Å². The maximum Gasteiger partial charge on any atom is 0.328 e. The van der Waals surface area contributed by atoms with Crippen LogP contribution in [-0.4, -0.2) is 78.9 Å². The molecule has 3 heterocycles. The van der Waals surface area contributed by atoms with Gasteiger partial charge in [0.05, 0.1) is 13.7 Å². The van der Waals surface area contributed by atoms with Crippen LogP contribution in [0.2, 0.25) is 0 Å². The fourth-order valence-electron chi connectivity index (χ4n) is 3.89. The van der Waals surface area contributed by atoms with E-state index in [1.54, 1.807) is 4.90 Å². The Labute approximate surface area is 153 Å². The van der Waals surface area contributed by atoms with Crippen molar-refractivity contribution in [3.8, 4) is 0 Å². The molecule has 0 unspecified atom stereocenters. The van der Waals surface area contributed by atoms with E-state index in [0.29, 0.717) is 19.5 Å². The second kappa shape index (κ2) is 8.35. The molecule has 146 valence electrons. The Hall–Kier alpha value is -1.67. The van der Waals surface area contributed by atoms with Gasteiger partial charge in [0.2, 0.25) is 0 Å². The summed E-state index contributed by atoms with van der Waals surface area (Å²) < 4.78 is 16.2. The third-order valence-corrected chi connectivity index (χ3v) is 5.34. The minimum atomic E-state index is -0.975. The van der Waals surface area contributed by atoms with Gasteiger partial charge in [-0.15, -0.1) is 0 Å². The Morgan fingerprint density at radius 2 is 1.96 bits per heavy atom. The van der Waals surface area contributed by atoms with Gasteiger partial charge in [-0.2, -0.15) is 0 Å². The van der Waals surface area contributed by atoms with Crippen LogP contribution in [0.4, 0.5) is 0 Å². The molecule has 2 bridgehead atoms. The number of morpholine rings is 1. The molecule has 0 spiro atoms. The zero-order chi connectivity index (χ0) is 18.7. The number of piperidine rings is 1. The number of hydrogen-bond donors (Lipinski definition) is 0. The lowest BCUT2D eigenvalue weighted by Crippen LogP contribution is -2.57. The van der Waals surface area contributed by atoms with Crippen LogP contribution in [0.25, 0.3) is 0 Å². The average Bonchev–Trinajstić information content (AvgIpc) is 3.04. The molecule has 8 nitrogen and oxygen atoms in total. The highest BCUT2D eigenvalue weighted by atomic mass is 16.7. The lowest BCUT2D eigenvalue weighted by Gasteiger charge is -2.35. The summed E-state index contributed by atoms with van der Waals surface area (Å²) in [6, 6.07) is -0.659. The van der Waals surface area contributed by atoms with E-state index in [1.165, 1.54) is 12.0 Å². The van der Waals surface area contributed by atoms with Crippen molar-refractivity contribution in [2.45, 2.75) is 70.0 Å². The number of esters is 1. The van der Waals surface area contributed by atoms with Gasteiger partial charge in [-0.05, 0) is 25.7 Å². The van der Waals surface area contributed by atoms with E-state index in [0.717, 1.165) is 32.1 Å². The molecule has 3 rings (SSSR count). The van der Waals surface area contributed by atoms with Crippen molar-refractivity contribution in [2.24, 2.45) is 0 Å². The zero-order valence-corrected chi connectivity index (χ0v) is 15.5. The number of nitrogens with zero attached hydrogens (tertiary/aromatic N) is 2. The highest BCUT2D eigenvalue weighted by Gasteiger charge is 2.54. The van der Waals surface area contributed by atoms with Gasteiger partial charge in [0.1, 0.15) is 6.04 Å². The molecule has 26 heavy (non-hydrogen) atoms. The van der Waals surface area contributed by atoms with Crippen molar-refractivity contribution in [3.63, 3.8) is 0 Å². The van der Waals surface area contributed by atoms with E-state index < -0.39 is 30.5 Å². The highest BCUT2D eigenvalue weighted by Crippen LogP contribution is 2.31. The number of amides is 2. The molecule has 0 N–H and O–H groups in total. The van der Waals surface area contributed by atoms with Crippen LogP contribution in [-0.2, 0) is 28.6 Å². The van der Waals surface area contributed by atoms with Crippen LogP contribution in [0.5, 0.6) is 0 Å². The molecule has 3 fully saturated rings. The molecule has 3 aliphatic heterocycles. The number of likely N-dealkylation sites (tertiary alicyclic amines) is 1. The van der Waals surface area contributed by atoms with Crippen LogP contribution < -0.4 is 0 Å². The van der Waals surface area contributed by atoms with Gasteiger partial charge in [0.25, 0.3) is 11.8 Å². The van der Waals surface area contributed by atoms with Crippen LogP contribution in [0.15, 0.2) is 0 Å². The van der Waals surface area contributed by atoms with Crippen LogP contribution in [0, 0.1) is 0 Å². The standard InChI is InChI=1S/C18H28N2O6/c1-3-4-8-12(18(23)24-2)20-11-13-25-14(15(26-13)17(20)22)16(21)19-9-6-5-7-10-19/h12-15H,3-11H2,1-2H3/t12-,13+,14-,15+/m0/s1. The van der Waals surface area contributed by atoms with Crippen molar-refractivity contribution >= 4 is 17.8 Å². The van der Waals surface area contributed by atoms with Gasteiger partial charge in [-0.25, -0.2) is 4.79 Å². The van der Waals surface area contributed by atoms with E-state index in [1.807, 2.05) is 6.92 Å². The second-order valence-electron chi connectivity index (χ2n) is 7.10. The molecule has 0 aromatic heterocycles. The monoisotopic (exact) mass is 368 g/mol. The fraction of sp³-hybridized carbons (Fsp3) is 0.833. The first-order valence-corrected chi connectivity index (χ1v) is 9.54. The summed E-state index contributed by atoms with van der Waals surface area (Å²) in [7, 11) is 1.32. The number of methoxy groups -OCH3 is 1. The maximum atomic E-state index is 12.9. The summed E-state index contributed by atoms with van der Waals surface area (Å²) in [6.07, 6.45) is 2.72. The predicted octanol–water partition coefficient (Wildman–Crippen LogP) is 0.683. The van der Waals surface area contributed by atoms with E-state index in [4.69, 9.17) is 14.2 Å². The van der Waals surface area contributed by atoms with E-state index >= 15 is 0 Å². The Balaban J connectivity index is 1.73. The number of rotatable bonds is 6. The largest absolute Gasteiger partial charge is 0.467 e. The molecule has 3 saturated heterocycles. The molecular formula is C18H28N2O6. The molecule has 4 atom stereocenters. The minimum Gasteiger partial charge on any atom is -0.467 e. The van der Waals surface area contributed by atoms with E-state index in [2.05, 4.69) is 0 Å². The van der Waals surface area contributed by atoms with Crippen molar-refractivity contribution in [1.82, 2.24) is 9.80 Å². The van der Waals surface area contributed by atoms with Gasteiger partial charge in [-0.3, -0.25) is 9.59 Å². The molecule has 0 aromatic carbocycles. The summed E-state index contributed by atoms with van der Waals surface area (Å²) in [5, 5.41) is 0. The number of unbranched alkanes of at least 4 members (excludes halogenated alkanes) is 1. The zero-order valence-electron chi connectivity index (χ0n) is 15.5. The molecule has 8 heteroatoms. The molecule has 0 aliphatic carbocycles. The first-order chi connectivity index (χ1) is 12.6. The number of hydrogen-bond acceptors (Lipinski definition) is 6. The van der Waals surface area contributed by atoms with Gasteiger partial charge in [-0.1, -0.05) is 19.8 Å². The number of fused-ring (bicyclic) bond motifs is 2. The van der Waals surface area contributed by atoms with Crippen LogP contribution >= 0.6 is 0 Å². The third kappa shape index (κ3) is 3.71. The van der Waals surface area contributed by atoms with Crippen molar-refractivity contribution in [1.29, 1.82) is 0 Å². The van der Waals surface area contributed by atoms with E-state index in [-0.39, 0.29) is 18.4 Å². The lowest BCUT2D eigenvalue weighted by molar-refractivity contribution is -0.173. The Kier molecular flexibility index (Phi) is 6.13. The SMILES string of the molecule is CCCC[C@@H](C(=O)OC)N1C[C@@H]2O[C@H](C(=O)N3CCCCC3)[C@@H](O2)C1=O. The van der Waals surface area contributed by atoms with Gasteiger partial charge < -0.3 is 24.0 Å². The van der Waals surface area contributed by atoms with Gasteiger partial charge in [0, 0.05) is 13.1 Å². The fourth-order valence-corrected chi connectivity index (χ4v) is 3.89. The minimum absolute atomic E-state index is 0.141. The first-order valence-electron chi connectivity index (χ1n) is 9.54. The van der Waals surface area contributed by atoms with Crippen molar-refractivity contribution in [2.75, 3.05) is 26.7 Å². The third-order valence-electron chi connectivity index (χ3n) is 5.34. The Morgan fingerprint density at radius 1 is 1.23 bits per heavy atom. The summed E-state index contributed by atoms with van der Waals surface area (Å²) in [5.41, 5.74) is 0. The normalized spacial score (nSPS) is 29.6. The lowest BCUT2D eigenvalue weighted by atomic mass is 10.0. The van der Waals surface area contributed by atoms with Crippen LogP contribution in [0.3, 0.4) is 0 Å². The predicted molar refractivity (Wildman–Crippen MR) is 91.0 cm³/mol. The Bertz CT molecular complexity index is 548. The molecule has 2 amide bonds. The smallest absolute Gasteiger partial charge is 0.328 e.